The maximum absolute atomic E-state index is 13.8. The van der Waals surface area contributed by atoms with Gasteiger partial charge in [-0.2, -0.15) is 0 Å². The molecule has 36 heavy (non-hydrogen) atoms. The van der Waals surface area contributed by atoms with Crippen LogP contribution >= 0.6 is 11.3 Å². The van der Waals surface area contributed by atoms with E-state index < -0.39 is 58.5 Å². The Hall–Kier alpha value is -2.29. The van der Waals surface area contributed by atoms with Crippen LogP contribution in [0.15, 0.2) is 29.3 Å². The lowest BCUT2D eigenvalue weighted by Crippen LogP contribution is -2.63. The van der Waals surface area contributed by atoms with Gasteiger partial charge in [0.05, 0.1) is 29.0 Å². The number of anilines is 1. The number of nitrogens with one attached hydrogen (secondary N) is 2. The lowest BCUT2D eigenvalue weighted by atomic mass is 10.0. The quantitative estimate of drug-likeness (QED) is 0.419. The topological polar surface area (TPSA) is 91.6 Å². The number of rotatable bonds is 8. The molecule has 1 saturated heterocycles. The van der Waals surface area contributed by atoms with Gasteiger partial charge >= 0.3 is 0 Å². The lowest BCUT2D eigenvalue weighted by Gasteiger charge is -2.44. The first-order chi connectivity index (χ1) is 17.0. The van der Waals surface area contributed by atoms with Crippen LogP contribution < -0.4 is 14.9 Å². The predicted molar refractivity (Wildman–Crippen MR) is 129 cm³/mol. The molecular weight excluding hydrogens is 520 g/mol. The fraction of sp³-hybridized carbons (Fsp3) is 0.545. The summed E-state index contributed by atoms with van der Waals surface area (Å²) in [5, 5.41) is 10.1. The van der Waals surface area contributed by atoms with Crippen LogP contribution in [0.25, 0.3) is 16.2 Å². The van der Waals surface area contributed by atoms with Crippen LogP contribution in [-0.4, -0.2) is 66.6 Å². The molecule has 8 nitrogen and oxygen atoms in total. The fourth-order valence-corrected chi connectivity index (χ4v) is 6.72. The smallest absolute Gasteiger partial charge is 0.291 e. The number of hydrogen-bond donors (Lipinski definition) is 2. The Morgan fingerprint density at radius 3 is 2.61 bits per heavy atom. The summed E-state index contributed by atoms with van der Waals surface area (Å²) in [7, 11) is -3.96. The SMILES string of the molecule is C[C@H]1[C@H](CF)N[C@H](CF)CN1c1cc(S(=O)(=O)NC2(C)CC2)cn2c(-c3nnc(C(F)F)s3)ccc12. The van der Waals surface area contributed by atoms with Crippen molar-refractivity contribution >= 4 is 32.6 Å². The van der Waals surface area contributed by atoms with Gasteiger partial charge in [0.15, 0.2) is 10.0 Å². The molecule has 2 fully saturated rings. The summed E-state index contributed by atoms with van der Waals surface area (Å²) in [4.78, 5) is 1.75. The fourth-order valence-electron chi connectivity index (χ4n) is 4.52. The van der Waals surface area contributed by atoms with Crippen molar-refractivity contribution in [1.29, 1.82) is 0 Å². The molecule has 1 aliphatic carbocycles. The zero-order chi connectivity index (χ0) is 25.8. The highest BCUT2D eigenvalue weighted by atomic mass is 32.2. The van der Waals surface area contributed by atoms with E-state index in [2.05, 4.69) is 20.2 Å². The largest absolute Gasteiger partial charge is 0.364 e. The van der Waals surface area contributed by atoms with Crippen LogP contribution in [0.5, 0.6) is 0 Å². The van der Waals surface area contributed by atoms with Crippen LogP contribution in [0.4, 0.5) is 23.2 Å². The summed E-state index contributed by atoms with van der Waals surface area (Å²) >= 11 is 0.716. The number of nitrogens with zero attached hydrogens (tertiary/aromatic N) is 4. The van der Waals surface area contributed by atoms with Gasteiger partial charge in [0.2, 0.25) is 10.0 Å². The minimum Gasteiger partial charge on any atom is -0.364 e. The van der Waals surface area contributed by atoms with Gasteiger partial charge in [0, 0.05) is 24.3 Å². The first-order valence-corrected chi connectivity index (χ1v) is 13.8. The van der Waals surface area contributed by atoms with Crippen molar-refractivity contribution in [3.8, 4) is 10.7 Å². The number of pyridine rings is 1. The average molecular weight is 547 g/mol. The van der Waals surface area contributed by atoms with Crippen LogP contribution in [-0.2, 0) is 10.0 Å². The molecular formula is C22H26F4N6O2S2. The number of sulfonamides is 1. The highest BCUT2D eigenvalue weighted by molar-refractivity contribution is 7.89. The Kier molecular flexibility index (Phi) is 6.50. The number of piperazine rings is 1. The van der Waals surface area contributed by atoms with Gasteiger partial charge in [0.1, 0.15) is 18.2 Å². The average Bonchev–Trinajstić information content (AvgIpc) is 3.23. The molecule has 1 aliphatic heterocycles. The summed E-state index contributed by atoms with van der Waals surface area (Å²) < 4.78 is 84.8. The van der Waals surface area contributed by atoms with Crippen molar-refractivity contribution in [2.45, 2.75) is 61.7 Å². The van der Waals surface area contributed by atoms with E-state index in [0.29, 0.717) is 41.1 Å². The van der Waals surface area contributed by atoms with Gasteiger partial charge in [-0.1, -0.05) is 11.3 Å². The molecule has 0 aromatic carbocycles. The molecule has 2 N–H and O–H groups in total. The Morgan fingerprint density at radius 2 is 2.00 bits per heavy atom. The van der Waals surface area contributed by atoms with Gasteiger partial charge in [-0.3, -0.25) is 0 Å². The van der Waals surface area contributed by atoms with Crippen molar-refractivity contribution in [3.63, 3.8) is 0 Å². The van der Waals surface area contributed by atoms with Gasteiger partial charge in [-0.25, -0.2) is 30.7 Å². The van der Waals surface area contributed by atoms with E-state index in [1.807, 2.05) is 6.92 Å². The van der Waals surface area contributed by atoms with E-state index in [1.54, 1.807) is 28.4 Å². The molecule has 0 amide bonds. The van der Waals surface area contributed by atoms with E-state index in [9.17, 15) is 26.0 Å². The van der Waals surface area contributed by atoms with Gasteiger partial charge in [0.25, 0.3) is 6.43 Å². The van der Waals surface area contributed by atoms with Crippen LogP contribution in [0.2, 0.25) is 0 Å². The molecule has 196 valence electrons. The van der Waals surface area contributed by atoms with Crippen molar-refractivity contribution in [3.05, 3.63) is 29.4 Å². The van der Waals surface area contributed by atoms with E-state index in [-0.39, 0.29) is 16.4 Å². The Bertz CT molecular complexity index is 1370. The molecule has 0 unspecified atom stereocenters. The highest BCUT2D eigenvalue weighted by Gasteiger charge is 2.42. The zero-order valence-electron chi connectivity index (χ0n) is 19.6. The van der Waals surface area contributed by atoms with Gasteiger partial charge in [-0.15, -0.1) is 10.2 Å². The van der Waals surface area contributed by atoms with Crippen LogP contribution in [0.1, 0.15) is 38.1 Å². The first-order valence-electron chi connectivity index (χ1n) is 11.5. The van der Waals surface area contributed by atoms with Crippen molar-refractivity contribution in [2.75, 3.05) is 24.8 Å². The third kappa shape index (κ3) is 4.59. The second-order valence-corrected chi connectivity index (χ2v) is 12.3. The monoisotopic (exact) mass is 546 g/mol. The van der Waals surface area contributed by atoms with E-state index in [0.717, 1.165) is 0 Å². The van der Waals surface area contributed by atoms with E-state index in [4.69, 9.17) is 0 Å². The van der Waals surface area contributed by atoms with Crippen LogP contribution in [0.3, 0.4) is 0 Å². The summed E-state index contributed by atoms with van der Waals surface area (Å²) in [6.45, 7) is 2.34. The molecule has 0 bridgehead atoms. The molecule has 1 saturated carbocycles. The standard InChI is InChI=1S/C22H26F4N6O2S2/c1-12-15(9-24)27-13(8-23)10-31(12)18-7-14(36(33,34)30-22(2)5-6-22)11-32-16(18)3-4-17(32)20-28-29-21(35-20)19(25)26/h3-4,7,11-13,15,19,27,30H,5-6,8-10H2,1-2H3/t12-,13+,15-/m0/s1. The maximum Gasteiger partial charge on any atom is 0.291 e. The van der Waals surface area contributed by atoms with E-state index >= 15 is 0 Å². The molecule has 3 atom stereocenters. The van der Waals surface area contributed by atoms with Crippen molar-refractivity contribution < 1.29 is 26.0 Å². The summed E-state index contributed by atoms with van der Waals surface area (Å²) in [6, 6.07) is 3.14. The number of hydrogen-bond acceptors (Lipinski definition) is 7. The normalized spacial score (nSPS) is 24.1. The van der Waals surface area contributed by atoms with Crippen molar-refractivity contribution in [2.24, 2.45) is 0 Å². The van der Waals surface area contributed by atoms with E-state index in [1.165, 1.54) is 12.3 Å². The minimum absolute atomic E-state index is 0.0477. The zero-order valence-corrected chi connectivity index (χ0v) is 21.2. The summed E-state index contributed by atoms with van der Waals surface area (Å²) in [5.41, 5.74) is 0.881. The molecule has 4 heterocycles. The molecule has 0 radical (unpaired) electrons. The molecule has 2 aliphatic rings. The first kappa shape index (κ1) is 25.4. The Balaban J connectivity index is 1.68. The number of aromatic nitrogens is 3. The molecule has 3 aromatic rings. The molecule has 3 aromatic heterocycles. The third-order valence-electron chi connectivity index (χ3n) is 6.86. The van der Waals surface area contributed by atoms with Crippen molar-refractivity contribution in [1.82, 2.24) is 24.6 Å². The Morgan fingerprint density at radius 1 is 1.25 bits per heavy atom. The highest BCUT2D eigenvalue weighted by Crippen LogP contribution is 2.38. The van der Waals surface area contributed by atoms with Gasteiger partial charge in [-0.05, 0) is 44.9 Å². The summed E-state index contributed by atoms with van der Waals surface area (Å²) in [6.07, 6.45) is 0.0532. The molecule has 0 spiro atoms. The summed E-state index contributed by atoms with van der Waals surface area (Å²) in [5.74, 6) is 0. The predicted octanol–water partition coefficient (Wildman–Crippen LogP) is 3.70. The maximum atomic E-state index is 13.8. The Labute approximate surface area is 209 Å². The molecule has 5 rings (SSSR count). The molecule has 14 heteroatoms. The minimum atomic E-state index is -3.96. The third-order valence-corrected chi connectivity index (χ3v) is 9.41. The number of alkyl halides is 4. The second-order valence-electron chi connectivity index (χ2n) is 9.62. The number of halogens is 4. The van der Waals surface area contributed by atoms with Gasteiger partial charge < -0.3 is 14.6 Å². The number of fused-ring (bicyclic) bond motifs is 1. The second kappa shape index (κ2) is 9.23. The lowest BCUT2D eigenvalue weighted by molar-refractivity contribution is 0.150. The van der Waals surface area contributed by atoms with Crippen LogP contribution in [0, 0.1) is 0 Å².